The van der Waals surface area contributed by atoms with Crippen molar-refractivity contribution < 1.29 is 9.53 Å². The standard InChI is InChI=1S/C13H14N2O2S/c1-3-17-12(16)9(2)8-18-13-14-10-6-4-5-7-11(10)15-13/h4-7H,2-3,8H2,1H3,(H,14,15). The van der Waals surface area contributed by atoms with E-state index in [0.29, 0.717) is 17.9 Å². The highest BCUT2D eigenvalue weighted by molar-refractivity contribution is 7.99. The van der Waals surface area contributed by atoms with Crippen molar-refractivity contribution in [2.75, 3.05) is 12.4 Å². The van der Waals surface area contributed by atoms with Gasteiger partial charge in [-0.25, -0.2) is 9.78 Å². The van der Waals surface area contributed by atoms with E-state index in [1.165, 1.54) is 11.8 Å². The summed E-state index contributed by atoms with van der Waals surface area (Å²) in [5.74, 6) is 0.125. The van der Waals surface area contributed by atoms with E-state index in [1.54, 1.807) is 6.92 Å². The molecule has 1 aromatic carbocycles. The molecule has 0 saturated heterocycles. The van der Waals surface area contributed by atoms with Gasteiger partial charge in [0.05, 0.1) is 17.6 Å². The lowest BCUT2D eigenvalue weighted by molar-refractivity contribution is -0.138. The summed E-state index contributed by atoms with van der Waals surface area (Å²) in [4.78, 5) is 19.0. The third kappa shape index (κ3) is 2.92. The summed E-state index contributed by atoms with van der Waals surface area (Å²) in [6, 6.07) is 7.80. The van der Waals surface area contributed by atoms with Crippen molar-refractivity contribution >= 4 is 28.8 Å². The minimum absolute atomic E-state index is 0.346. The van der Waals surface area contributed by atoms with Gasteiger partial charge in [0, 0.05) is 11.3 Å². The van der Waals surface area contributed by atoms with E-state index in [4.69, 9.17) is 4.74 Å². The van der Waals surface area contributed by atoms with Crippen LogP contribution in [0.1, 0.15) is 6.92 Å². The average Bonchev–Trinajstić information content (AvgIpc) is 2.78. The Morgan fingerprint density at radius 1 is 1.50 bits per heavy atom. The van der Waals surface area contributed by atoms with E-state index in [1.807, 2.05) is 24.3 Å². The fourth-order valence-corrected chi connectivity index (χ4v) is 2.22. The first-order chi connectivity index (χ1) is 8.70. The van der Waals surface area contributed by atoms with Crippen LogP contribution in [0.25, 0.3) is 11.0 Å². The molecule has 0 spiro atoms. The second-order valence-electron chi connectivity index (χ2n) is 3.67. The molecule has 0 saturated carbocycles. The Morgan fingerprint density at radius 2 is 2.28 bits per heavy atom. The first kappa shape index (κ1) is 12.7. The lowest BCUT2D eigenvalue weighted by atomic mass is 10.3. The molecule has 0 aliphatic heterocycles. The lowest BCUT2D eigenvalue weighted by Gasteiger charge is -2.03. The zero-order valence-corrected chi connectivity index (χ0v) is 10.9. The minimum atomic E-state index is -0.346. The van der Waals surface area contributed by atoms with Gasteiger partial charge in [0.25, 0.3) is 0 Å². The summed E-state index contributed by atoms with van der Waals surface area (Å²) in [5, 5.41) is 0.779. The molecule has 0 fully saturated rings. The zero-order valence-electron chi connectivity index (χ0n) is 10.1. The van der Waals surface area contributed by atoms with Crippen LogP contribution in [0.3, 0.4) is 0 Å². The molecule has 4 nitrogen and oxygen atoms in total. The number of rotatable bonds is 5. The van der Waals surface area contributed by atoms with Crippen LogP contribution in [0.15, 0.2) is 41.6 Å². The smallest absolute Gasteiger partial charge is 0.334 e. The van der Waals surface area contributed by atoms with Gasteiger partial charge < -0.3 is 9.72 Å². The van der Waals surface area contributed by atoms with E-state index < -0.39 is 0 Å². The molecule has 0 unspecified atom stereocenters. The number of nitrogens with one attached hydrogen (secondary N) is 1. The quantitative estimate of drug-likeness (QED) is 0.511. The van der Waals surface area contributed by atoms with Crippen LogP contribution >= 0.6 is 11.8 Å². The minimum Gasteiger partial charge on any atom is -0.463 e. The van der Waals surface area contributed by atoms with Crippen molar-refractivity contribution in [3.8, 4) is 0 Å². The topological polar surface area (TPSA) is 55.0 Å². The highest BCUT2D eigenvalue weighted by Crippen LogP contribution is 2.20. The number of H-pyrrole nitrogens is 1. The number of benzene rings is 1. The number of hydrogen-bond acceptors (Lipinski definition) is 4. The lowest BCUT2D eigenvalue weighted by Crippen LogP contribution is -2.08. The second-order valence-corrected chi connectivity index (χ2v) is 4.64. The maximum atomic E-state index is 11.4. The zero-order chi connectivity index (χ0) is 13.0. The molecule has 1 N–H and O–H groups in total. The normalized spacial score (nSPS) is 10.5. The fraction of sp³-hybridized carbons (Fsp3) is 0.231. The maximum absolute atomic E-state index is 11.4. The number of para-hydroxylation sites is 2. The third-order valence-electron chi connectivity index (χ3n) is 2.31. The first-order valence-electron chi connectivity index (χ1n) is 5.63. The van der Waals surface area contributed by atoms with Gasteiger partial charge in [-0.3, -0.25) is 0 Å². The summed E-state index contributed by atoms with van der Waals surface area (Å²) in [6.07, 6.45) is 0. The van der Waals surface area contributed by atoms with Gasteiger partial charge in [-0.1, -0.05) is 30.5 Å². The molecule has 0 radical (unpaired) electrons. The number of nitrogens with zero attached hydrogens (tertiary/aromatic N) is 1. The number of thioether (sulfide) groups is 1. The van der Waals surface area contributed by atoms with Crippen molar-refractivity contribution in [1.82, 2.24) is 9.97 Å². The molecule has 18 heavy (non-hydrogen) atoms. The molecule has 1 aromatic heterocycles. The van der Waals surface area contributed by atoms with Crippen LogP contribution < -0.4 is 0 Å². The molecular weight excluding hydrogens is 248 g/mol. The Morgan fingerprint density at radius 3 is 3.00 bits per heavy atom. The van der Waals surface area contributed by atoms with Crippen LogP contribution in [0.4, 0.5) is 0 Å². The summed E-state index contributed by atoms with van der Waals surface area (Å²) in [5.41, 5.74) is 2.35. The van der Waals surface area contributed by atoms with E-state index in [0.717, 1.165) is 16.2 Å². The van der Waals surface area contributed by atoms with E-state index in [2.05, 4.69) is 16.5 Å². The monoisotopic (exact) mass is 262 g/mol. The maximum Gasteiger partial charge on any atom is 0.334 e. The van der Waals surface area contributed by atoms with E-state index in [9.17, 15) is 4.79 Å². The first-order valence-corrected chi connectivity index (χ1v) is 6.61. The summed E-state index contributed by atoms with van der Waals surface area (Å²) in [7, 11) is 0. The fourth-order valence-electron chi connectivity index (χ4n) is 1.45. The predicted octanol–water partition coefficient (Wildman–Crippen LogP) is 2.77. The van der Waals surface area contributed by atoms with Gasteiger partial charge in [-0.05, 0) is 19.1 Å². The van der Waals surface area contributed by atoms with Gasteiger partial charge in [0.1, 0.15) is 0 Å². The summed E-state index contributed by atoms with van der Waals surface area (Å²) < 4.78 is 4.87. The highest BCUT2D eigenvalue weighted by atomic mass is 32.2. The Hall–Kier alpha value is -1.75. The van der Waals surface area contributed by atoms with Crippen LogP contribution in [0, 0.1) is 0 Å². The third-order valence-corrected chi connectivity index (χ3v) is 3.27. The molecule has 0 aliphatic rings. The number of esters is 1. The summed E-state index contributed by atoms with van der Waals surface area (Å²) >= 11 is 1.44. The number of aromatic nitrogens is 2. The van der Waals surface area contributed by atoms with Crippen molar-refractivity contribution in [1.29, 1.82) is 0 Å². The molecule has 2 rings (SSSR count). The highest BCUT2D eigenvalue weighted by Gasteiger charge is 2.09. The molecule has 1 heterocycles. The molecule has 0 aliphatic carbocycles. The summed E-state index contributed by atoms with van der Waals surface area (Å²) in [6.45, 7) is 5.85. The molecule has 0 atom stereocenters. The van der Waals surface area contributed by atoms with Crippen molar-refractivity contribution in [2.24, 2.45) is 0 Å². The van der Waals surface area contributed by atoms with Crippen molar-refractivity contribution in [2.45, 2.75) is 12.1 Å². The Bertz CT molecular complexity index is 544. The average molecular weight is 262 g/mol. The van der Waals surface area contributed by atoms with Crippen molar-refractivity contribution in [3.63, 3.8) is 0 Å². The molecule has 0 bridgehead atoms. The van der Waals surface area contributed by atoms with Crippen LogP contribution in [0.5, 0.6) is 0 Å². The number of carbonyl (C=O) groups is 1. The number of ether oxygens (including phenoxy) is 1. The largest absolute Gasteiger partial charge is 0.463 e. The number of imidazole rings is 1. The number of hydrogen-bond donors (Lipinski definition) is 1. The molecule has 94 valence electrons. The SMILES string of the molecule is C=C(CSc1nc2ccccc2[nH]1)C(=O)OCC. The second kappa shape index (κ2) is 5.73. The Kier molecular flexibility index (Phi) is 4.04. The van der Waals surface area contributed by atoms with Gasteiger partial charge in [0.2, 0.25) is 0 Å². The van der Waals surface area contributed by atoms with Crippen LogP contribution in [-0.4, -0.2) is 28.3 Å². The van der Waals surface area contributed by atoms with Crippen LogP contribution in [-0.2, 0) is 9.53 Å². The Balaban J connectivity index is 1.98. The molecule has 5 heteroatoms. The number of carbonyl (C=O) groups excluding carboxylic acids is 1. The van der Waals surface area contributed by atoms with Crippen LogP contribution in [0.2, 0.25) is 0 Å². The Labute approximate surface area is 109 Å². The number of aromatic amines is 1. The van der Waals surface area contributed by atoms with Gasteiger partial charge >= 0.3 is 5.97 Å². The van der Waals surface area contributed by atoms with Gasteiger partial charge in [-0.15, -0.1) is 0 Å². The molecule has 2 aromatic rings. The van der Waals surface area contributed by atoms with E-state index >= 15 is 0 Å². The number of fused-ring (bicyclic) bond motifs is 1. The van der Waals surface area contributed by atoms with Crippen molar-refractivity contribution in [3.05, 3.63) is 36.4 Å². The van der Waals surface area contributed by atoms with E-state index in [-0.39, 0.29) is 5.97 Å². The molecule has 0 amide bonds. The predicted molar refractivity (Wildman–Crippen MR) is 72.6 cm³/mol. The van der Waals surface area contributed by atoms with Gasteiger partial charge in [-0.2, -0.15) is 0 Å². The van der Waals surface area contributed by atoms with Gasteiger partial charge in [0.15, 0.2) is 5.16 Å². The molecular formula is C13H14N2O2S.